The molecule has 0 saturated carbocycles. The molecule has 3 heterocycles. The SMILES string of the molecule is c1ccc2cc3c(cc2c1)c(-c1ccc2ccc4c(-c5cc6ccncc6c6ccc7ccccc7c56)cc5ccccc5c4c2n1)cc1cnccc13. The Morgan fingerprint density at radius 1 is 0.296 bits per heavy atom. The summed E-state index contributed by atoms with van der Waals surface area (Å²) in [4.78, 5) is 14.7. The third-order valence-electron chi connectivity index (χ3n) is 11.5. The first-order valence-corrected chi connectivity index (χ1v) is 18.4. The third-order valence-corrected chi connectivity index (χ3v) is 11.5. The van der Waals surface area contributed by atoms with Crippen LogP contribution in [-0.2, 0) is 0 Å². The molecule has 0 aliphatic carbocycles. The standard InChI is InChI=1S/C51H29N3/c1-2-9-33-24-44-42(23-32(33)8-1)37-20-22-52-28-36(37)27-45(44)48-18-15-31-14-17-40-43(25-34-10-4-6-12-39(34)50(40)51(31)54-48)46-26-35-19-21-53-29-47(35)41-16-13-30-7-3-5-11-38(30)49(41)46/h1-29H. The molecule has 3 nitrogen and oxygen atoms in total. The van der Waals surface area contributed by atoms with Gasteiger partial charge in [-0.1, -0.05) is 103 Å². The Morgan fingerprint density at radius 2 is 0.926 bits per heavy atom. The van der Waals surface area contributed by atoms with Crippen LogP contribution in [0.2, 0.25) is 0 Å². The number of pyridine rings is 3. The van der Waals surface area contributed by atoms with Crippen LogP contribution < -0.4 is 0 Å². The number of nitrogens with zero attached hydrogens (tertiary/aromatic N) is 3. The fraction of sp³-hybridized carbons (Fsp3) is 0. The maximum atomic E-state index is 5.63. The number of hydrogen-bond acceptors (Lipinski definition) is 3. The number of hydrogen-bond donors (Lipinski definition) is 0. The molecule has 248 valence electrons. The van der Waals surface area contributed by atoms with E-state index in [4.69, 9.17) is 4.98 Å². The van der Waals surface area contributed by atoms with Gasteiger partial charge in [-0.25, -0.2) is 4.98 Å². The van der Waals surface area contributed by atoms with E-state index >= 15 is 0 Å². The lowest BCUT2D eigenvalue weighted by Gasteiger charge is -2.18. The molecule has 0 amide bonds. The van der Waals surface area contributed by atoms with Crippen LogP contribution in [0.15, 0.2) is 176 Å². The van der Waals surface area contributed by atoms with E-state index < -0.39 is 0 Å². The Kier molecular flexibility index (Phi) is 6.05. The largest absolute Gasteiger partial charge is 0.264 e. The number of aromatic nitrogens is 3. The van der Waals surface area contributed by atoms with Crippen molar-refractivity contribution < 1.29 is 0 Å². The molecule has 54 heavy (non-hydrogen) atoms. The van der Waals surface area contributed by atoms with E-state index in [1.165, 1.54) is 86.5 Å². The van der Waals surface area contributed by atoms with Gasteiger partial charge in [0.25, 0.3) is 0 Å². The molecule has 0 aliphatic heterocycles. The Morgan fingerprint density at radius 3 is 1.80 bits per heavy atom. The lowest BCUT2D eigenvalue weighted by molar-refractivity contribution is 1.36. The summed E-state index contributed by atoms with van der Waals surface area (Å²) in [5.74, 6) is 0. The highest BCUT2D eigenvalue weighted by Gasteiger charge is 2.19. The van der Waals surface area contributed by atoms with Crippen molar-refractivity contribution in [2.45, 2.75) is 0 Å². The monoisotopic (exact) mass is 683 g/mol. The van der Waals surface area contributed by atoms with Gasteiger partial charge in [0.1, 0.15) is 0 Å². The molecule has 0 spiro atoms. The van der Waals surface area contributed by atoms with E-state index in [1.807, 2.05) is 24.8 Å². The lowest BCUT2D eigenvalue weighted by Crippen LogP contribution is -1.93. The van der Waals surface area contributed by atoms with Crippen molar-refractivity contribution in [2.24, 2.45) is 0 Å². The summed E-state index contributed by atoms with van der Waals surface area (Å²) in [6, 6.07) is 55.5. The number of benzene rings is 9. The first kappa shape index (κ1) is 29.4. The van der Waals surface area contributed by atoms with Crippen molar-refractivity contribution >= 4 is 97.1 Å². The molecule has 12 rings (SSSR count). The van der Waals surface area contributed by atoms with Gasteiger partial charge < -0.3 is 0 Å². The van der Waals surface area contributed by atoms with Gasteiger partial charge in [-0.15, -0.1) is 0 Å². The third kappa shape index (κ3) is 4.21. The molecular formula is C51H29N3. The molecule has 0 saturated heterocycles. The van der Waals surface area contributed by atoms with Gasteiger partial charge in [0.05, 0.1) is 11.2 Å². The Bertz CT molecular complexity index is 3570. The van der Waals surface area contributed by atoms with Gasteiger partial charge in [0.15, 0.2) is 0 Å². The summed E-state index contributed by atoms with van der Waals surface area (Å²) < 4.78 is 0. The minimum absolute atomic E-state index is 0.949. The second-order valence-electron chi connectivity index (χ2n) is 14.4. The highest BCUT2D eigenvalue weighted by Crippen LogP contribution is 2.45. The van der Waals surface area contributed by atoms with Crippen molar-refractivity contribution in [1.29, 1.82) is 0 Å². The molecule has 3 heteroatoms. The molecule has 0 bridgehead atoms. The van der Waals surface area contributed by atoms with Gasteiger partial charge in [0.2, 0.25) is 0 Å². The highest BCUT2D eigenvalue weighted by molar-refractivity contribution is 6.29. The van der Waals surface area contributed by atoms with Crippen LogP contribution in [0.5, 0.6) is 0 Å². The van der Waals surface area contributed by atoms with Crippen molar-refractivity contribution in [1.82, 2.24) is 15.0 Å². The molecule has 9 aromatic carbocycles. The molecular weight excluding hydrogens is 655 g/mol. The highest BCUT2D eigenvalue weighted by atomic mass is 14.7. The van der Waals surface area contributed by atoms with E-state index in [-0.39, 0.29) is 0 Å². The average Bonchev–Trinajstić information content (AvgIpc) is 3.24. The zero-order valence-corrected chi connectivity index (χ0v) is 29.1. The number of fused-ring (bicyclic) bond motifs is 14. The molecule has 0 atom stereocenters. The summed E-state index contributed by atoms with van der Waals surface area (Å²) in [5.41, 5.74) is 5.47. The maximum absolute atomic E-state index is 5.63. The van der Waals surface area contributed by atoms with Gasteiger partial charge in [0, 0.05) is 51.9 Å². The van der Waals surface area contributed by atoms with E-state index in [0.29, 0.717) is 0 Å². The normalized spacial score (nSPS) is 12.1. The average molecular weight is 684 g/mol. The second-order valence-corrected chi connectivity index (χ2v) is 14.4. The fourth-order valence-electron chi connectivity index (χ4n) is 9.02. The second kappa shape index (κ2) is 11.1. The molecule has 0 aliphatic rings. The smallest absolute Gasteiger partial charge is 0.0794 e. The van der Waals surface area contributed by atoms with Gasteiger partial charge in [-0.2, -0.15) is 0 Å². The maximum Gasteiger partial charge on any atom is 0.0794 e. The summed E-state index contributed by atoms with van der Waals surface area (Å²) in [6.45, 7) is 0. The van der Waals surface area contributed by atoms with Gasteiger partial charge >= 0.3 is 0 Å². The minimum Gasteiger partial charge on any atom is -0.264 e. The molecule has 12 aromatic rings. The minimum atomic E-state index is 0.949. The topological polar surface area (TPSA) is 38.7 Å². The zero-order chi connectivity index (χ0) is 35.3. The van der Waals surface area contributed by atoms with Gasteiger partial charge in [-0.05, 0) is 130 Å². The van der Waals surface area contributed by atoms with Crippen LogP contribution in [0.4, 0.5) is 0 Å². The van der Waals surface area contributed by atoms with E-state index in [0.717, 1.165) is 32.9 Å². The van der Waals surface area contributed by atoms with Gasteiger partial charge in [-0.3, -0.25) is 9.97 Å². The van der Waals surface area contributed by atoms with Crippen molar-refractivity contribution in [2.75, 3.05) is 0 Å². The molecule has 0 radical (unpaired) electrons. The van der Waals surface area contributed by atoms with Crippen molar-refractivity contribution in [3.63, 3.8) is 0 Å². The van der Waals surface area contributed by atoms with E-state index in [1.54, 1.807) is 0 Å². The quantitative estimate of drug-likeness (QED) is 0.134. The summed E-state index contributed by atoms with van der Waals surface area (Å²) >= 11 is 0. The van der Waals surface area contributed by atoms with E-state index in [2.05, 4.69) is 162 Å². The van der Waals surface area contributed by atoms with Crippen molar-refractivity contribution in [3.05, 3.63) is 176 Å². The molecule has 3 aromatic heterocycles. The number of rotatable bonds is 2. The van der Waals surface area contributed by atoms with E-state index in [9.17, 15) is 0 Å². The predicted molar refractivity (Wildman–Crippen MR) is 228 cm³/mol. The Hall–Kier alpha value is -7.23. The van der Waals surface area contributed by atoms with Crippen LogP contribution in [0.25, 0.3) is 119 Å². The van der Waals surface area contributed by atoms with Crippen LogP contribution in [-0.4, -0.2) is 15.0 Å². The molecule has 0 unspecified atom stereocenters. The first-order chi connectivity index (χ1) is 26.8. The Balaban J connectivity index is 1.21. The fourth-order valence-corrected chi connectivity index (χ4v) is 9.02. The van der Waals surface area contributed by atoms with Crippen LogP contribution in [0.3, 0.4) is 0 Å². The molecule has 0 fully saturated rings. The van der Waals surface area contributed by atoms with Crippen molar-refractivity contribution in [3.8, 4) is 22.4 Å². The zero-order valence-electron chi connectivity index (χ0n) is 29.1. The predicted octanol–water partition coefficient (Wildman–Crippen LogP) is 13.6. The summed E-state index contributed by atoms with van der Waals surface area (Å²) in [6.07, 6.45) is 7.75. The van der Waals surface area contributed by atoms with Crippen LogP contribution >= 0.6 is 0 Å². The summed E-state index contributed by atoms with van der Waals surface area (Å²) in [7, 11) is 0. The first-order valence-electron chi connectivity index (χ1n) is 18.4. The lowest BCUT2D eigenvalue weighted by atomic mass is 9.86. The van der Waals surface area contributed by atoms with Crippen LogP contribution in [0.1, 0.15) is 0 Å². The molecule has 0 N–H and O–H groups in total. The summed E-state index contributed by atoms with van der Waals surface area (Å²) in [5, 5.41) is 20.3. The van der Waals surface area contributed by atoms with Crippen LogP contribution in [0, 0.1) is 0 Å². The Labute approximate surface area is 309 Å².